The third kappa shape index (κ3) is 3.36. The van der Waals surface area contributed by atoms with E-state index in [1.807, 2.05) is 37.3 Å². The Morgan fingerprint density at radius 3 is 2.53 bits per heavy atom. The van der Waals surface area contributed by atoms with E-state index < -0.39 is 0 Å². The van der Waals surface area contributed by atoms with Crippen LogP contribution in [-0.2, 0) is 9.53 Å². The highest BCUT2D eigenvalue weighted by Gasteiger charge is 2.13. The van der Waals surface area contributed by atoms with Gasteiger partial charge in [0, 0.05) is 19.2 Å². The molecule has 0 spiro atoms. The quantitative estimate of drug-likeness (QED) is 0.694. The van der Waals surface area contributed by atoms with E-state index in [9.17, 15) is 4.79 Å². The monoisotopic (exact) mass is 207 g/mol. The lowest BCUT2D eigenvalue weighted by Crippen LogP contribution is -2.32. The first kappa shape index (κ1) is 11.7. The topological polar surface area (TPSA) is 29.5 Å². The molecule has 1 aromatic carbocycles. The molecule has 15 heavy (non-hydrogen) atoms. The fourth-order valence-corrected chi connectivity index (χ4v) is 1.38. The number of hydrogen-bond acceptors (Lipinski definition) is 2. The molecule has 0 saturated carbocycles. The minimum atomic E-state index is 0.102. The number of ether oxygens (including phenoxy) is 1. The fourth-order valence-electron chi connectivity index (χ4n) is 1.38. The Kier molecular flexibility index (Phi) is 4.84. The molecule has 0 fully saturated rings. The van der Waals surface area contributed by atoms with Gasteiger partial charge in [-0.3, -0.25) is 9.69 Å². The number of benzene rings is 1. The zero-order chi connectivity index (χ0) is 11.1. The van der Waals surface area contributed by atoms with E-state index >= 15 is 0 Å². The third-order valence-corrected chi connectivity index (χ3v) is 2.09. The lowest BCUT2D eigenvalue weighted by Gasteiger charge is -2.21. The minimum absolute atomic E-state index is 0.102. The number of carbonyl (C=O) groups is 1. The lowest BCUT2D eigenvalue weighted by molar-refractivity contribution is -0.119. The van der Waals surface area contributed by atoms with E-state index in [2.05, 4.69) is 0 Å². The van der Waals surface area contributed by atoms with E-state index in [1.54, 1.807) is 12.0 Å². The molecule has 0 saturated heterocycles. The molecule has 0 unspecified atom stereocenters. The predicted octanol–water partition coefficient (Wildman–Crippen LogP) is 2.42. The summed E-state index contributed by atoms with van der Waals surface area (Å²) < 4.78 is 5.03. The Hall–Kier alpha value is -1.35. The molecule has 1 aromatic rings. The van der Waals surface area contributed by atoms with Crippen molar-refractivity contribution in [2.45, 2.75) is 19.8 Å². The summed E-state index contributed by atoms with van der Waals surface area (Å²) in [7, 11) is 1.59. The highest BCUT2D eigenvalue weighted by molar-refractivity contribution is 5.93. The van der Waals surface area contributed by atoms with Crippen molar-refractivity contribution in [1.82, 2.24) is 0 Å². The summed E-state index contributed by atoms with van der Waals surface area (Å²) in [5, 5.41) is 0. The third-order valence-electron chi connectivity index (χ3n) is 2.09. The van der Waals surface area contributed by atoms with Gasteiger partial charge in [-0.05, 0) is 18.6 Å². The molecular formula is C12H17NO2. The Bertz CT molecular complexity index is 298. The summed E-state index contributed by atoms with van der Waals surface area (Å²) >= 11 is 0. The number of methoxy groups -OCH3 is 1. The second kappa shape index (κ2) is 6.19. The number of para-hydroxylation sites is 1. The number of nitrogens with zero attached hydrogens (tertiary/aromatic N) is 1. The van der Waals surface area contributed by atoms with E-state index in [-0.39, 0.29) is 5.91 Å². The normalized spacial score (nSPS) is 10.0. The Balaban J connectivity index is 2.78. The molecule has 0 aliphatic rings. The molecule has 82 valence electrons. The van der Waals surface area contributed by atoms with Crippen LogP contribution in [0.15, 0.2) is 30.3 Å². The lowest BCUT2D eigenvalue weighted by atomic mass is 10.2. The van der Waals surface area contributed by atoms with Crippen LogP contribution in [0, 0.1) is 0 Å². The van der Waals surface area contributed by atoms with Crippen molar-refractivity contribution in [2.24, 2.45) is 0 Å². The van der Waals surface area contributed by atoms with Crippen molar-refractivity contribution >= 4 is 11.6 Å². The first-order valence-electron chi connectivity index (χ1n) is 5.14. The van der Waals surface area contributed by atoms with Gasteiger partial charge >= 0.3 is 0 Å². The van der Waals surface area contributed by atoms with Crippen LogP contribution < -0.4 is 4.90 Å². The van der Waals surface area contributed by atoms with Gasteiger partial charge in [-0.2, -0.15) is 0 Å². The van der Waals surface area contributed by atoms with Crippen LogP contribution in [0.4, 0.5) is 5.69 Å². The first-order valence-corrected chi connectivity index (χ1v) is 5.14. The number of amides is 1. The zero-order valence-electron chi connectivity index (χ0n) is 9.27. The largest absolute Gasteiger partial charge is 0.364 e. The highest BCUT2D eigenvalue weighted by atomic mass is 16.5. The van der Waals surface area contributed by atoms with Crippen molar-refractivity contribution in [1.29, 1.82) is 0 Å². The van der Waals surface area contributed by atoms with E-state index in [4.69, 9.17) is 4.74 Å². The molecule has 0 atom stereocenters. The number of rotatable bonds is 5. The maximum Gasteiger partial charge on any atom is 0.228 e. The van der Waals surface area contributed by atoms with Crippen molar-refractivity contribution in [3.8, 4) is 0 Å². The summed E-state index contributed by atoms with van der Waals surface area (Å²) in [5.74, 6) is 0.102. The molecule has 3 nitrogen and oxygen atoms in total. The van der Waals surface area contributed by atoms with Crippen molar-refractivity contribution < 1.29 is 9.53 Å². The van der Waals surface area contributed by atoms with Gasteiger partial charge in [0.2, 0.25) is 5.91 Å². The molecule has 0 aliphatic heterocycles. The number of anilines is 1. The molecule has 1 rings (SSSR count). The molecule has 0 aromatic heterocycles. The standard InChI is InChI=1S/C12H17NO2/c1-3-7-12(14)13(10-15-2)11-8-5-4-6-9-11/h4-6,8-9H,3,7,10H2,1-2H3. The van der Waals surface area contributed by atoms with Crippen LogP contribution >= 0.6 is 0 Å². The SMILES string of the molecule is CCCC(=O)N(COC)c1ccccc1. The Labute approximate surface area is 90.7 Å². The average molecular weight is 207 g/mol. The van der Waals surface area contributed by atoms with Crippen molar-refractivity contribution in [3.63, 3.8) is 0 Å². The summed E-state index contributed by atoms with van der Waals surface area (Å²) in [5.41, 5.74) is 0.887. The van der Waals surface area contributed by atoms with Gasteiger partial charge in [0.1, 0.15) is 6.73 Å². The molecular weight excluding hydrogens is 190 g/mol. The van der Waals surface area contributed by atoms with Gasteiger partial charge in [0.25, 0.3) is 0 Å². The Morgan fingerprint density at radius 2 is 2.00 bits per heavy atom. The zero-order valence-corrected chi connectivity index (χ0v) is 9.27. The predicted molar refractivity (Wildman–Crippen MR) is 60.7 cm³/mol. The minimum Gasteiger partial charge on any atom is -0.364 e. The van der Waals surface area contributed by atoms with Gasteiger partial charge in [0.15, 0.2) is 0 Å². The van der Waals surface area contributed by atoms with Crippen molar-refractivity contribution in [3.05, 3.63) is 30.3 Å². The first-order chi connectivity index (χ1) is 7.29. The summed E-state index contributed by atoms with van der Waals surface area (Å²) in [4.78, 5) is 13.4. The van der Waals surface area contributed by atoms with E-state index in [0.717, 1.165) is 12.1 Å². The maximum absolute atomic E-state index is 11.8. The smallest absolute Gasteiger partial charge is 0.228 e. The van der Waals surface area contributed by atoms with Crippen LogP contribution in [-0.4, -0.2) is 19.7 Å². The molecule has 0 radical (unpaired) electrons. The van der Waals surface area contributed by atoms with Gasteiger partial charge in [-0.15, -0.1) is 0 Å². The van der Waals surface area contributed by atoms with Gasteiger partial charge < -0.3 is 4.74 Å². The van der Waals surface area contributed by atoms with Crippen LogP contribution in [0.1, 0.15) is 19.8 Å². The second-order valence-corrected chi connectivity index (χ2v) is 3.33. The van der Waals surface area contributed by atoms with Crippen LogP contribution in [0.25, 0.3) is 0 Å². The van der Waals surface area contributed by atoms with Crippen molar-refractivity contribution in [2.75, 3.05) is 18.7 Å². The van der Waals surface area contributed by atoms with Crippen LogP contribution in [0.5, 0.6) is 0 Å². The molecule has 1 amide bonds. The van der Waals surface area contributed by atoms with Crippen LogP contribution in [0.3, 0.4) is 0 Å². The summed E-state index contributed by atoms with van der Waals surface area (Å²) in [6, 6.07) is 9.58. The number of carbonyl (C=O) groups excluding carboxylic acids is 1. The van der Waals surface area contributed by atoms with Gasteiger partial charge in [-0.25, -0.2) is 0 Å². The molecule has 0 aliphatic carbocycles. The molecule has 0 N–H and O–H groups in total. The molecule has 0 bridgehead atoms. The van der Waals surface area contributed by atoms with E-state index in [0.29, 0.717) is 13.2 Å². The summed E-state index contributed by atoms with van der Waals surface area (Å²) in [6.45, 7) is 2.30. The average Bonchev–Trinajstić information content (AvgIpc) is 2.27. The van der Waals surface area contributed by atoms with Gasteiger partial charge in [0.05, 0.1) is 0 Å². The second-order valence-electron chi connectivity index (χ2n) is 3.33. The van der Waals surface area contributed by atoms with Crippen LogP contribution in [0.2, 0.25) is 0 Å². The van der Waals surface area contributed by atoms with Gasteiger partial charge in [-0.1, -0.05) is 25.1 Å². The molecule has 3 heteroatoms. The number of hydrogen-bond donors (Lipinski definition) is 0. The fraction of sp³-hybridized carbons (Fsp3) is 0.417. The summed E-state index contributed by atoms with van der Waals surface area (Å²) in [6.07, 6.45) is 1.41. The van der Waals surface area contributed by atoms with E-state index in [1.165, 1.54) is 0 Å². The maximum atomic E-state index is 11.8. The Morgan fingerprint density at radius 1 is 1.33 bits per heavy atom. The highest BCUT2D eigenvalue weighted by Crippen LogP contribution is 2.14. The molecule has 0 heterocycles.